The van der Waals surface area contributed by atoms with E-state index in [1.807, 2.05) is 16.9 Å². The monoisotopic (exact) mass is 288 g/mol. The molecule has 0 fully saturated rings. The van der Waals surface area contributed by atoms with Gasteiger partial charge in [0.1, 0.15) is 0 Å². The number of rotatable bonds is 4. The highest BCUT2D eigenvalue weighted by molar-refractivity contribution is 7.80. The third-order valence-corrected chi connectivity index (χ3v) is 3.18. The summed E-state index contributed by atoms with van der Waals surface area (Å²) in [4.78, 5) is 0. The van der Waals surface area contributed by atoms with Gasteiger partial charge < -0.3 is 10.6 Å². The van der Waals surface area contributed by atoms with Crippen LogP contribution in [0.4, 0.5) is 5.69 Å². The standard InChI is InChI=1S/C15H20N4S/c1-4-19-6-5-13(18-19)10-16-15(20)17-14-8-11(2)7-12(3)9-14/h5-9H,4,10H2,1-3H3,(H2,16,17,20). The van der Waals surface area contributed by atoms with Crippen molar-refractivity contribution >= 4 is 23.0 Å². The van der Waals surface area contributed by atoms with Gasteiger partial charge in [-0.3, -0.25) is 4.68 Å². The highest BCUT2D eigenvalue weighted by Gasteiger charge is 2.01. The first-order valence-electron chi connectivity index (χ1n) is 6.72. The molecule has 2 aromatic rings. The normalized spacial score (nSPS) is 10.3. The van der Waals surface area contributed by atoms with Crippen LogP contribution in [0.15, 0.2) is 30.5 Å². The lowest BCUT2D eigenvalue weighted by Gasteiger charge is -2.11. The molecule has 0 aliphatic carbocycles. The molecule has 0 amide bonds. The third-order valence-electron chi connectivity index (χ3n) is 2.93. The zero-order valence-corrected chi connectivity index (χ0v) is 12.9. The molecule has 106 valence electrons. The van der Waals surface area contributed by atoms with Gasteiger partial charge >= 0.3 is 0 Å². The third kappa shape index (κ3) is 4.06. The molecule has 1 aromatic heterocycles. The summed E-state index contributed by atoms with van der Waals surface area (Å²) in [5, 5.41) is 11.4. The van der Waals surface area contributed by atoms with Crippen molar-refractivity contribution in [1.82, 2.24) is 15.1 Å². The van der Waals surface area contributed by atoms with Crippen molar-refractivity contribution in [3.63, 3.8) is 0 Å². The van der Waals surface area contributed by atoms with E-state index in [-0.39, 0.29) is 0 Å². The van der Waals surface area contributed by atoms with E-state index in [9.17, 15) is 0 Å². The minimum Gasteiger partial charge on any atom is -0.357 e. The number of benzene rings is 1. The molecule has 0 aliphatic rings. The summed E-state index contributed by atoms with van der Waals surface area (Å²) >= 11 is 5.30. The fraction of sp³-hybridized carbons (Fsp3) is 0.333. The van der Waals surface area contributed by atoms with Crippen LogP contribution in [-0.2, 0) is 13.1 Å². The first-order valence-corrected chi connectivity index (χ1v) is 7.13. The minimum atomic E-state index is 0.612. The Bertz CT molecular complexity index is 583. The SMILES string of the molecule is CCn1ccc(CNC(=S)Nc2cc(C)cc(C)c2)n1. The van der Waals surface area contributed by atoms with E-state index in [2.05, 4.69) is 54.7 Å². The Hall–Kier alpha value is -1.88. The number of aromatic nitrogens is 2. The van der Waals surface area contributed by atoms with E-state index in [1.165, 1.54) is 11.1 Å². The Morgan fingerprint density at radius 1 is 1.25 bits per heavy atom. The van der Waals surface area contributed by atoms with Gasteiger partial charge in [-0.1, -0.05) is 6.07 Å². The van der Waals surface area contributed by atoms with Gasteiger partial charge in [0.2, 0.25) is 0 Å². The van der Waals surface area contributed by atoms with Crippen molar-refractivity contribution in [2.24, 2.45) is 0 Å². The van der Waals surface area contributed by atoms with Gasteiger partial charge in [-0.25, -0.2) is 0 Å². The summed E-state index contributed by atoms with van der Waals surface area (Å²) < 4.78 is 1.90. The molecule has 5 heteroatoms. The minimum absolute atomic E-state index is 0.612. The summed E-state index contributed by atoms with van der Waals surface area (Å²) in [6.45, 7) is 7.73. The molecule has 2 N–H and O–H groups in total. The van der Waals surface area contributed by atoms with E-state index >= 15 is 0 Å². The lowest BCUT2D eigenvalue weighted by molar-refractivity contribution is 0.643. The zero-order valence-electron chi connectivity index (χ0n) is 12.1. The molecule has 2 rings (SSSR count). The van der Waals surface area contributed by atoms with Crippen LogP contribution in [0.3, 0.4) is 0 Å². The molecule has 0 spiro atoms. The van der Waals surface area contributed by atoms with Crippen molar-refractivity contribution in [2.75, 3.05) is 5.32 Å². The number of hydrogen-bond acceptors (Lipinski definition) is 2. The van der Waals surface area contributed by atoms with Crippen LogP contribution in [0.1, 0.15) is 23.7 Å². The van der Waals surface area contributed by atoms with E-state index in [0.717, 1.165) is 17.9 Å². The average Bonchev–Trinajstić information content (AvgIpc) is 2.83. The molecule has 1 heterocycles. The second-order valence-corrected chi connectivity index (χ2v) is 5.26. The van der Waals surface area contributed by atoms with Crippen molar-refractivity contribution in [3.05, 3.63) is 47.3 Å². The fourth-order valence-corrected chi connectivity index (χ4v) is 2.26. The Labute approximate surface area is 125 Å². The lowest BCUT2D eigenvalue weighted by atomic mass is 10.1. The number of anilines is 1. The van der Waals surface area contributed by atoms with Crippen LogP contribution < -0.4 is 10.6 Å². The molecule has 0 bridgehead atoms. The van der Waals surface area contributed by atoms with Gasteiger partial charge in [0.05, 0.1) is 12.2 Å². The molecule has 1 aromatic carbocycles. The highest BCUT2D eigenvalue weighted by atomic mass is 32.1. The number of thiocarbonyl (C=S) groups is 1. The predicted octanol–water partition coefficient (Wildman–Crippen LogP) is 3.01. The summed E-state index contributed by atoms with van der Waals surface area (Å²) in [5.74, 6) is 0. The highest BCUT2D eigenvalue weighted by Crippen LogP contribution is 2.13. The molecule has 20 heavy (non-hydrogen) atoms. The van der Waals surface area contributed by atoms with E-state index in [4.69, 9.17) is 12.2 Å². The van der Waals surface area contributed by atoms with Crippen LogP contribution in [0.2, 0.25) is 0 Å². The van der Waals surface area contributed by atoms with Gasteiger partial charge in [0.15, 0.2) is 5.11 Å². The maximum Gasteiger partial charge on any atom is 0.171 e. The van der Waals surface area contributed by atoms with Gasteiger partial charge in [0.25, 0.3) is 0 Å². The van der Waals surface area contributed by atoms with Crippen LogP contribution in [0.5, 0.6) is 0 Å². The molecular weight excluding hydrogens is 268 g/mol. The molecule has 0 saturated carbocycles. The fourth-order valence-electron chi connectivity index (χ4n) is 2.07. The molecular formula is C15H20N4S. The maximum atomic E-state index is 5.30. The van der Waals surface area contributed by atoms with Crippen molar-refractivity contribution in [2.45, 2.75) is 33.9 Å². The molecule has 0 saturated heterocycles. The van der Waals surface area contributed by atoms with Gasteiger partial charge in [-0.2, -0.15) is 5.10 Å². The zero-order chi connectivity index (χ0) is 14.5. The molecule has 0 aliphatic heterocycles. The molecule has 0 radical (unpaired) electrons. The Balaban J connectivity index is 1.89. The Kier molecular flexibility index (Phi) is 4.74. The Morgan fingerprint density at radius 3 is 2.55 bits per heavy atom. The van der Waals surface area contributed by atoms with E-state index in [0.29, 0.717) is 11.7 Å². The lowest BCUT2D eigenvalue weighted by Crippen LogP contribution is -2.28. The van der Waals surface area contributed by atoms with Gasteiger partial charge in [-0.05, 0) is 62.3 Å². The summed E-state index contributed by atoms with van der Waals surface area (Å²) in [5.41, 5.74) is 4.43. The van der Waals surface area contributed by atoms with Crippen LogP contribution >= 0.6 is 12.2 Å². The van der Waals surface area contributed by atoms with Crippen LogP contribution in [0, 0.1) is 13.8 Å². The number of hydrogen-bond donors (Lipinski definition) is 2. The molecule has 0 unspecified atom stereocenters. The Morgan fingerprint density at radius 2 is 1.95 bits per heavy atom. The first kappa shape index (κ1) is 14.5. The first-order chi connectivity index (χ1) is 9.56. The number of nitrogens with one attached hydrogen (secondary N) is 2. The second kappa shape index (κ2) is 6.52. The average molecular weight is 288 g/mol. The van der Waals surface area contributed by atoms with E-state index < -0.39 is 0 Å². The van der Waals surface area contributed by atoms with E-state index in [1.54, 1.807) is 0 Å². The smallest absolute Gasteiger partial charge is 0.171 e. The number of aryl methyl sites for hydroxylation is 3. The summed E-state index contributed by atoms with van der Waals surface area (Å²) in [7, 11) is 0. The second-order valence-electron chi connectivity index (χ2n) is 4.85. The van der Waals surface area contributed by atoms with Crippen LogP contribution in [0.25, 0.3) is 0 Å². The molecule has 0 atom stereocenters. The predicted molar refractivity (Wildman–Crippen MR) is 86.9 cm³/mol. The van der Waals surface area contributed by atoms with Gasteiger partial charge in [0, 0.05) is 18.4 Å². The summed E-state index contributed by atoms with van der Waals surface area (Å²) in [6.07, 6.45) is 1.97. The maximum absolute atomic E-state index is 5.30. The molecule has 4 nitrogen and oxygen atoms in total. The van der Waals surface area contributed by atoms with Gasteiger partial charge in [-0.15, -0.1) is 0 Å². The quantitative estimate of drug-likeness (QED) is 0.849. The van der Waals surface area contributed by atoms with Crippen molar-refractivity contribution in [3.8, 4) is 0 Å². The topological polar surface area (TPSA) is 41.9 Å². The van der Waals surface area contributed by atoms with Crippen LogP contribution in [-0.4, -0.2) is 14.9 Å². The van der Waals surface area contributed by atoms with Crippen molar-refractivity contribution in [1.29, 1.82) is 0 Å². The van der Waals surface area contributed by atoms with Crippen molar-refractivity contribution < 1.29 is 0 Å². The summed E-state index contributed by atoms with van der Waals surface area (Å²) in [6, 6.07) is 8.29. The largest absolute Gasteiger partial charge is 0.357 e. The number of nitrogens with zero attached hydrogens (tertiary/aromatic N) is 2.